The smallest absolute Gasteiger partial charge is 0.169 e. The molecule has 2 heteroatoms. The Morgan fingerprint density at radius 3 is 2.56 bits per heavy atom. The molecule has 0 aliphatic heterocycles. The van der Waals surface area contributed by atoms with Gasteiger partial charge in [0.25, 0.3) is 0 Å². The van der Waals surface area contributed by atoms with E-state index in [0.717, 1.165) is 5.56 Å². The molecule has 0 bridgehead atoms. The number of rotatable bonds is 3. The third-order valence-corrected chi connectivity index (χ3v) is 2.55. The Kier molecular flexibility index (Phi) is 3.10. The first kappa shape index (κ1) is 10.6. The average Bonchev–Trinajstić information content (AvgIpc) is 2.31. The number of Topliss-reactive ketones (excluding diaryl/α,β-unsaturated/α-hetero) is 1. The van der Waals surface area contributed by atoms with Crippen LogP contribution in [0.5, 0.6) is 0 Å². The molecule has 0 aromatic heterocycles. The lowest BCUT2D eigenvalue weighted by Gasteiger charge is -2.10. The highest BCUT2D eigenvalue weighted by Crippen LogP contribution is 2.12. The van der Waals surface area contributed by atoms with Crippen LogP contribution in [0.3, 0.4) is 0 Å². The van der Waals surface area contributed by atoms with E-state index in [1.54, 1.807) is 18.2 Å². The standard InChI is InChI=1S/C14H12O2/c15-13-9-5-4-8-12(13)14(16)10-11-6-2-1-3-7-11/h1-9,12H,10H2. The topological polar surface area (TPSA) is 34.1 Å². The van der Waals surface area contributed by atoms with Crippen molar-refractivity contribution in [1.29, 1.82) is 0 Å². The molecule has 2 nitrogen and oxygen atoms in total. The minimum atomic E-state index is -0.592. The molecule has 0 saturated heterocycles. The van der Waals surface area contributed by atoms with E-state index in [9.17, 15) is 9.59 Å². The van der Waals surface area contributed by atoms with Gasteiger partial charge in [-0.3, -0.25) is 9.59 Å². The van der Waals surface area contributed by atoms with Gasteiger partial charge >= 0.3 is 0 Å². The number of hydrogen-bond donors (Lipinski definition) is 0. The zero-order valence-electron chi connectivity index (χ0n) is 8.80. The molecule has 0 fully saturated rings. The van der Waals surface area contributed by atoms with Crippen LogP contribution in [0.15, 0.2) is 54.6 Å². The molecule has 16 heavy (non-hydrogen) atoms. The zero-order valence-corrected chi connectivity index (χ0v) is 8.80. The first-order valence-corrected chi connectivity index (χ1v) is 5.23. The molecular formula is C14H12O2. The second-order valence-electron chi connectivity index (χ2n) is 3.75. The number of ketones is 2. The van der Waals surface area contributed by atoms with Crippen LogP contribution in [0.1, 0.15) is 5.56 Å². The number of hydrogen-bond acceptors (Lipinski definition) is 2. The summed E-state index contributed by atoms with van der Waals surface area (Å²) in [4.78, 5) is 23.3. The van der Waals surface area contributed by atoms with E-state index in [1.165, 1.54) is 6.08 Å². The molecule has 0 N–H and O–H groups in total. The average molecular weight is 212 g/mol. The quantitative estimate of drug-likeness (QED) is 0.719. The fourth-order valence-electron chi connectivity index (χ4n) is 1.70. The van der Waals surface area contributed by atoms with Crippen LogP contribution >= 0.6 is 0 Å². The summed E-state index contributed by atoms with van der Waals surface area (Å²) in [7, 11) is 0. The Morgan fingerprint density at radius 1 is 1.12 bits per heavy atom. The highest BCUT2D eigenvalue weighted by Gasteiger charge is 2.22. The molecule has 0 saturated carbocycles. The van der Waals surface area contributed by atoms with Gasteiger partial charge in [0.15, 0.2) is 11.6 Å². The predicted octanol–water partition coefficient (Wildman–Crippen LogP) is 2.11. The fraction of sp³-hybridized carbons (Fsp3) is 0.143. The number of carbonyl (C=O) groups is 2. The van der Waals surface area contributed by atoms with Crippen molar-refractivity contribution in [3.63, 3.8) is 0 Å². The van der Waals surface area contributed by atoms with Crippen LogP contribution in [0.25, 0.3) is 0 Å². The minimum absolute atomic E-state index is 0.0446. The van der Waals surface area contributed by atoms with Crippen molar-refractivity contribution in [2.45, 2.75) is 6.42 Å². The molecule has 1 aromatic carbocycles. The summed E-state index contributed by atoms with van der Waals surface area (Å²) in [6.07, 6.45) is 6.83. The summed E-state index contributed by atoms with van der Waals surface area (Å²) in [5.74, 6) is -0.759. The van der Waals surface area contributed by atoms with Crippen molar-refractivity contribution < 1.29 is 9.59 Å². The minimum Gasteiger partial charge on any atom is -0.298 e. The van der Waals surface area contributed by atoms with Gasteiger partial charge in [-0.15, -0.1) is 0 Å². The van der Waals surface area contributed by atoms with Crippen molar-refractivity contribution in [2.75, 3.05) is 0 Å². The lowest BCUT2D eigenvalue weighted by molar-refractivity contribution is -0.128. The van der Waals surface area contributed by atoms with Gasteiger partial charge in [-0.05, 0) is 11.6 Å². The summed E-state index contributed by atoms with van der Waals surface area (Å²) in [6, 6.07) is 9.47. The Hall–Kier alpha value is -1.96. The fourth-order valence-corrected chi connectivity index (χ4v) is 1.70. The van der Waals surface area contributed by atoms with Gasteiger partial charge in [0.2, 0.25) is 0 Å². The van der Waals surface area contributed by atoms with Crippen LogP contribution in [-0.4, -0.2) is 11.6 Å². The third-order valence-electron chi connectivity index (χ3n) is 2.55. The molecule has 0 amide bonds. The first-order valence-electron chi connectivity index (χ1n) is 5.23. The van der Waals surface area contributed by atoms with E-state index in [2.05, 4.69) is 0 Å². The Labute approximate surface area is 94.3 Å². The van der Waals surface area contributed by atoms with Crippen LogP contribution in [0.4, 0.5) is 0 Å². The molecule has 2 rings (SSSR count). The molecule has 0 heterocycles. The SMILES string of the molecule is O=C1C=CC=CC1C(=O)Cc1ccccc1. The van der Waals surface area contributed by atoms with E-state index < -0.39 is 5.92 Å². The highest BCUT2D eigenvalue weighted by molar-refractivity contribution is 6.10. The Balaban J connectivity index is 2.07. The van der Waals surface area contributed by atoms with Crippen molar-refractivity contribution in [3.05, 3.63) is 60.2 Å². The molecular weight excluding hydrogens is 200 g/mol. The van der Waals surface area contributed by atoms with E-state index in [0.29, 0.717) is 6.42 Å². The van der Waals surface area contributed by atoms with E-state index >= 15 is 0 Å². The van der Waals surface area contributed by atoms with Crippen molar-refractivity contribution >= 4 is 11.6 Å². The monoisotopic (exact) mass is 212 g/mol. The van der Waals surface area contributed by atoms with Gasteiger partial charge in [-0.1, -0.05) is 48.6 Å². The van der Waals surface area contributed by atoms with Gasteiger partial charge in [-0.2, -0.15) is 0 Å². The molecule has 1 aromatic rings. The second-order valence-corrected chi connectivity index (χ2v) is 3.75. The summed E-state index contributed by atoms with van der Waals surface area (Å²) in [6.45, 7) is 0. The van der Waals surface area contributed by atoms with Crippen molar-refractivity contribution in [2.24, 2.45) is 5.92 Å². The molecule has 1 atom stereocenters. The molecule has 0 spiro atoms. The summed E-state index contributed by atoms with van der Waals surface area (Å²) in [5, 5.41) is 0. The number of carbonyl (C=O) groups excluding carboxylic acids is 2. The Bertz CT molecular complexity index is 455. The third kappa shape index (κ3) is 2.34. The number of allylic oxidation sites excluding steroid dienone is 4. The van der Waals surface area contributed by atoms with Crippen molar-refractivity contribution in [1.82, 2.24) is 0 Å². The van der Waals surface area contributed by atoms with Crippen LogP contribution in [0, 0.1) is 5.92 Å². The van der Waals surface area contributed by atoms with Gasteiger partial charge in [0.05, 0.1) is 5.92 Å². The molecule has 1 aliphatic rings. The summed E-state index contributed by atoms with van der Waals surface area (Å²) < 4.78 is 0. The molecule has 1 aliphatic carbocycles. The maximum Gasteiger partial charge on any atom is 0.169 e. The Morgan fingerprint density at radius 2 is 1.88 bits per heavy atom. The summed E-state index contributed by atoms with van der Waals surface area (Å²) >= 11 is 0. The molecule has 1 unspecified atom stereocenters. The normalized spacial score (nSPS) is 18.8. The van der Waals surface area contributed by atoms with E-state index in [4.69, 9.17) is 0 Å². The van der Waals surface area contributed by atoms with Crippen LogP contribution in [-0.2, 0) is 16.0 Å². The van der Waals surface area contributed by atoms with Gasteiger partial charge in [0.1, 0.15) is 0 Å². The molecule has 0 radical (unpaired) electrons. The largest absolute Gasteiger partial charge is 0.298 e. The van der Waals surface area contributed by atoms with Gasteiger partial charge in [0, 0.05) is 6.42 Å². The van der Waals surface area contributed by atoms with Crippen molar-refractivity contribution in [3.8, 4) is 0 Å². The lowest BCUT2D eigenvalue weighted by atomic mass is 9.91. The van der Waals surface area contributed by atoms with E-state index in [-0.39, 0.29) is 11.6 Å². The summed E-state index contributed by atoms with van der Waals surface area (Å²) in [5.41, 5.74) is 0.947. The highest BCUT2D eigenvalue weighted by atomic mass is 16.1. The maximum atomic E-state index is 11.9. The molecule has 80 valence electrons. The number of benzene rings is 1. The van der Waals surface area contributed by atoms with E-state index in [1.807, 2.05) is 30.3 Å². The van der Waals surface area contributed by atoms with Gasteiger partial charge < -0.3 is 0 Å². The zero-order chi connectivity index (χ0) is 11.4. The van der Waals surface area contributed by atoms with Gasteiger partial charge in [-0.25, -0.2) is 0 Å². The maximum absolute atomic E-state index is 11.9. The lowest BCUT2D eigenvalue weighted by Crippen LogP contribution is -2.23. The van der Waals surface area contributed by atoms with Crippen LogP contribution in [0.2, 0.25) is 0 Å². The van der Waals surface area contributed by atoms with Crippen LogP contribution < -0.4 is 0 Å². The second kappa shape index (κ2) is 4.71. The first-order chi connectivity index (χ1) is 7.77. The predicted molar refractivity (Wildman–Crippen MR) is 61.9 cm³/mol.